The maximum atomic E-state index is 13.1. The molecule has 2 aromatic heterocycles. The molecule has 0 atom stereocenters. The van der Waals surface area contributed by atoms with Crippen molar-refractivity contribution in [3.05, 3.63) is 68.4 Å². The minimum atomic E-state index is -0.126. The van der Waals surface area contributed by atoms with Gasteiger partial charge in [-0.25, -0.2) is 4.98 Å². The van der Waals surface area contributed by atoms with Crippen molar-refractivity contribution in [1.82, 2.24) is 19.7 Å². The van der Waals surface area contributed by atoms with Crippen LogP contribution in [-0.4, -0.2) is 19.7 Å². The van der Waals surface area contributed by atoms with Crippen LogP contribution in [0.25, 0.3) is 22.3 Å². The lowest BCUT2D eigenvalue weighted by molar-refractivity contribution is 0.744. The van der Waals surface area contributed by atoms with Crippen LogP contribution in [0, 0.1) is 0 Å². The molecule has 6 nitrogen and oxygen atoms in total. The van der Waals surface area contributed by atoms with Crippen LogP contribution in [0.2, 0.25) is 0 Å². The highest BCUT2D eigenvalue weighted by Gasteiger charge is 2.15. The summed E-state index contributed by atoms with van der Waals surface area (Å²) >= 11 is 4.67. The van der Waals surface area contributed by atoms with Gasteiger partial charge >= 0.3 is 0 Å². The number of nitrogens with zero attached hydrogens (tertiary/aromatic N) is 4. The van der Waals surface area contributed by atoms with Crippen LogP contribution in [-0.2, 0) is 6.54 Å². The van der Waals surface area contributed by atoms with E-state index in [1.165, 1.54) is 11.3 Å². The SMILES string of the molecule is Nc1nnc(Cn2c(-c3ccccc3)nc3ccc(Br)cc3c2=O)s1. The van der Waals surface area contributed by atoms with Crippen molar-refractivity contribution in [3.8, 4) is 11.4 Å². The van der Waals surface area contributed by atoms with E-state index in [2.05, 4.69) is 26.1 Å². The van der Waals surface area contributed by atoms with Gasteiger partial charge in [0, 0.05) is 10.0 Å². The van der Waals surface area contributed by atoms with Gasteiger partial charge in [0.15, 0.2) is 0 Å². The van der Waals surface area contributed by atoms with E-state index in [9.17, 15) is 4.79 Å². The molecule has 2 N–H and O–H groups in total. The number of benzene rings is 2. The normalized spacial score (nSPS) is 11.1. The summed E-state index contributed by atoms with van der Waals surface area (Å²) in [5.41, 5.74) is 7.06. The van der Waals surface area contributed by atoms with E-state index in [0.717, 1.165) is 10.0 Å². The molecule has 0 saturated carbocycles. The fraction of sp³-hybridized carbons (Fsp3) is 0.0588. The summed E-state index contributed by atoms with van der Waals surface area (Å²) in [5.74, 6) is 0.592. The van der Waals surface area contributed by atoms with Crippen LogP contribution in [0.3, 0.4) is 0 Å². The Morgan fingerprint density at radius 2 is 1.92 bits per heavy atom. The van der Waals surface area contributed by atoms with E-state index < -0.39 is 0 Å². The zero-order valence-corrected chi connectivity index (χ0v) is 15.3. The minimum Gasteiger partial charge on any atom is -0.374 e. The second-order valence-electron chi connectivity index (χ2n) is 5.39. The molecule has 0 saturated heterocycles. The highest BCUT2D eigenvalue weighted by atomic mass is 79.9. The van der Waals surface area contributed by atoms with Crippen molar-refractivity contribution in [2.75, 3.05) is 5.73 Å². The van der Waals surface area contributed by atoms with E-state index in [1.54, 1.807) is 10.6 Å². The predicted octanol–water partition coefficient (Wildman–Crippen LogP) is 3.31. The summed E-state index contributed by atoms with van der Waals surface area (Å²) in [4.78, 5) is 17.8. The van der Waals surface area contributed by atoms with Crippen LogP contribution in [0.4, 0.5) is 5.13 Å². The van der Waals surface area contributed by atoms with Crippen molar-refractivity contribution in [3.63, 3.8) is 0 Å². The number of rotatable bonds is 3. The Balaban J connectivity index is 1.99. The van der Waals surface area contributed by atoms with E-state index >= 15 is 0 Å². The van der Waals surface area contributed by atoms with E-state index in [1.807, 2.05) is 42.5 Å². The molecule has 124 valence electrons. The van der Waals surface area contributed by atoms with Gasteiger partial charge in [0.25, 0.3) is 5.56 Å². The van der Waals surface area contributed by atoms with Crippen LogP contribution in [0.15, 0.2) is 57.8 Å². The van der Waals surface area contributed by atoms with Gasteiger partial charge in [-0.3, -0.25) is 9.36 Å². The molecular weight excluding hydrogens is 402 g/mol. The van der Waals surface area contributed by atoms with Gasteiger partial charge in [-0.05, 0) is 18.2 Å². The van der Waals surface area contributed by atoms with Gasteiger partial charge in [-0.15, -0.1) is 10.2 Å². The van der Waals surface area contributed by atoms with Crippen molar-refractivity contribution < 1.29 is 0 Å². The lowest BCUT2D eigenvalue weighted by atomic mass is 10.2. The van der Waals surface area contributed by atoms with Crippen molar-refractivity contribution in [2.45, 2.75) is 6.54 Å². The molecule has 0 aliphatic rings. The molecule has 25 heavy (non-hydrogen) atoms. The van der Waals surface area contributed by atoms with E-state index in [4.69, 9.17) is 10.7 Å². The lowest BCUT2D eigenvalue weighted by Gasteiger charge is -2.12. The first-order valence-electron chi connectivity index (χ1n) is 7.45. The Bertz CT molecular complexity index is 1120. The van der Waals surface area contributed by atoms with Crippen LogP contribution in [0.1, 0.15) is 5.01 Å². The molecule has 0 spiro atoms. The van der Waals surface area contributed by atoms with Crippen molar-refractivity contribution in [2.24, 2.45) is 0 Å². The largest absolute Gasteiger partial charge is 0.374 e. The van der Waals surface area contributed by atoms with Gasteiger partial charge < -0.3 is 5.73 Å². The maximum Gasteiger partial charge on any atom is 0.262 e. The van der Waals surface area contributed by atoms with E-state index in [-0.39, 0.29) is 12.1 Å². The topological polar surface area (TPSA) is 86.7 Å². The standard InChI is InChI=1S/C17H12BrN5OS/c18-11-6-7-13-12(8-11)16(24)23(9-14-21-22-17(19)25-14)15(20-13)10-4-2-1-3-5-10/h1-8H,9H2,(H2,19,22). The average Bonchev–Trinajstić information content (AvgIpc) is 3.03. The molecule has 0 fully saturated rings. The highest BCUT2D eigenvalue weighted by Crippen LogP contribution is 2.22. The smallest absolute Gasteiger partial charge is 0.262 e. The second-order valence-corrected chi connectivity index (χ2v) is 7.40. The molecular formula is C17H12BrN5OS. The fourth-order valence-corrected chi connectivity index (χ4v) is 3.57. The monoisotopic (exact) mass is 413 g/mol. The van der Waals surface area contributed by atoms with Gasteiger partial charge in [0.2, 0.25) is 5.13 Å². The number of anilines is 1. The van der Waals surface area contributed by atoms with Crippen molar-refractivity contribution >= 4 is 43.3 Å². The third-order valence-corrected chi connectivity index (χ3v) is 4.95. The minimum absolute atomic E-state index is 0.126. The fourth-order valence-electron chi connectivity index (χ4n) is 2.61. The van der Waals surface area contributed by atoms with Crippen LogP contribution < -0.4 is 11.3 Å². The molecule has 8 heteroatoms. The number of aromatic nitrogens is 4. The van der Waals surface area contributed by atoms with E-state index in [0.29, 0.717) is 26.9 Å². The lowest BCUT2D eigenvalue weighted by Crippen LogP contribution is -2.24. The molecule has 0 aliphatic heterocycles. The molecule has 2 heterocycles. The summed E-state index contributed by atoms with van der Waals surface area (Å²) < 4.78 is 2.45. The molecule has 0 amide bonds. The number of halogens is 1. The first-order chi connectivity index (χ1) is 12.1. The predicted molar refractivity (Wildman–Crippen MR) is 103 cm³/mol. The average molecular weight is 414 g/mol. The molecule has 4 aromatic rings. The Morgan fingerprint density at radius 3 is 2.64 bits per heavy atom. The van der Waals surface area contributed by atoms with Gasteiger partial charge in [0.05, 0.1) is 17.4 Å². The second kappa shape index (κ2) is 6.38. The van der Waals surface area contributed by atoms with Gasteiger partial charge in [-0.2, -0.15) is 0 Å². The van der Waals surface area contributed by atoms with Gasteiger partial charge in [0.1, 0.15) is 10.8 Å². The molecule has 0 bridgehead atoms. The molecule has 0 aliphatic carbocycles. The maximum absolute atomic E-state index is 13.1. The Hall–Kier alpha value is -2.58. The zero-order valence-electron chi connectivity index (χ0n) is 12.9. The quantitative estimate of drug-likeness (QED) is 0.556. The Morgan fingerprint density at radius 1 is 1.12 bits per heavy atom. The Kier molecular flexibility index (Phi) is 4.06. The van der Waals surface area contributed by atoms with Crippen molar-refractivity contribution in [1.29, 1.82) is 0 Å². The molecule has 0 radical (unpaired) electrons. The number of nitrogen functional groups attached to an aromatic ring is 1. The third kappa shape index (κ3) is 3.06. The summed E-state index contributed by atoms with van der Waals surface area (Å²) in [7, 11) is 0. The summed E-state index contributed by atoms with van der Waals surface area (Å²) in [6.07, 6.45) is 0. The number of fused-ring (bicyclic) bond motifs is 1. The van der Waals surface area contributed by atoms with Crippen LogP contribution in [0.5, 0.6) is 0 Å². The highest BCUT2D eigenvalue weighted by molar-refractivity contribution is 9.10. The first kappa shape index (κ1) is 15.9. The number of hydrogen-bond donors (Lipinski definition) is 1. The summed E-state index contributed by atoms with van der Waals surface area (Å²) in [6, 6.07) is 15.1. The number of hydrogen-bond acceptors (Lipinski definition) is 6. The zero-order chi connectivity index (χ0) is 17.4. The third-order valence-electron chi connectivity index (χ3n) is 3.72. The molecule has 4 rings (SSSR count). The van der Waals surface area contributed by atoms with Crippen LogP contribution >= 0.6 is 27.3 Å². The molecule has 0 unspecified atom stereocenters. The first-order valence-corrected chi connectivity index (χ1v) is 9.06. The Labute approximate surface area is 155 Å². The summed E-state index contributed by atoms with van der Waals surface area (Å²) in [5, 5.41) is 9.44. The molecule has 2 aromatic carbocycles. The summed E-state index contributed by atoms with van der Waals surface area (Å²) in [6.45, 7) is 0.271. The number of nitrogens with two attached hydrogens (primary N) is 1. The van der Waals surface area contributed by atoms with Gasteiger partial charge in [-0.1, -0.05) is 57.6 Å².